The van der Waals surface area contributed by atoms with Crippen molar-refractivity contribution in [1.29, 1.82) is 0 Å². The van der Waals surface area contributed by atoms with E-state index in [9.17, 15) is 10.2 Å². The molecule has 1 aromatic carbocycles. The molecule has 1 fully saturated rings. The molecule has 16 heavy (non-hydrogen) atoms. The summed E-state index contributed by atoms with van der Waals surface area (Å²) < 4.78 is 0. The smallest absolute Gasteiger partial charge is 0.0764 e. The van der Waals surface area contributed by atoms with E-state index in [0.717, 1.165) is 31.2 Å². The van der Waals surface area contributed by atoms with Gasteiger partial charge in [-0.3, -0.25) is 0 Å². The lowest BCUT2D eigenvalue weighted by molar-refractivity contribution is 0.118. The van der Waals surface area contributed by atoms with Crippen LogP contribution in [0.1, 0.15) is 55.8 Å². The monoisotopic (exact) mass is 220 g/mol. The van der Waals surface area contributed by atoms with Gasteiger partial charge in [0.15, 0.2) is 0 Å². The van der Waals surface area contributed by atoms with Crippen LogP contribution < -0.4 is 0 Å². The van der Waals surface area contributed by atoms with Crippen molar-refractivity contribution in [2.75, 3.05) is 0 Å². The predicted octanol–water partition coefficient (Wildman–Crippen LogP) is 2.76. The zero-order chi connectivity index (χ0) is 11.5. The van der Waals surface area contributed by atoms with Gasteiger partial charge >= 0.3 is 0 Å². The Bertz CT molecular complexity index is 346. The van der Waals surface area contributed by atoms with Crippen molar-refractivity contribution in [3.8, 4) is 0 Å². The maximum absolute atomic E-state index is 9.74. The second kappa shape index (κ2) is 4.98. The lowest BCUT2D eigenvalue weighted by Gasteiger charge is -2.28. The molecule has 2 heteroatoms. The summed E-state index contributed by atoms with van der Waals surface area (Å²) in [5.74, 6) is 0.412. The van der Waals surface area contributed by atoms with Gasteiger partial charge in [0.05, 0.1) is 12.2 Å². The van der Waals surface area contributed by atoms with Gasteiger partial charge in [-0.25, -0.2) is 0 Å². The Morgan fingerprint density at radius 1 is 1.25 bits per heavy atom. The molecule has 0 heterocycles. The van der Waals surface area contributed by atoms with Crippen molar-refractivity contribution < 1.29 is 10.2 Å². The molecule has 0 radical (unpaired) electrons. The summed E-state index contributed by atoms with van der Waals surface area (Å²) in [6.07, 6.45) is 3.38. The Kier molecular flexibility index (Phi) is 3.62. The van der Waals surface area contributed by atoms with Crippen LogP contribution >= 0.6 is 0 Å². The molecule has 88 valence electrons. The third kappa shape index (κ3) is 2.45. The molecular formula is C14H20O2. The minimum absolute atomic E-state index is 0.166. The molecular weight excluding hydrogens is 200 g/mol. The molecule has 2 nitrogen and oxygen atoms in total. The SMILES string of the molecule is CC(O)c1ccccc1C1CCCC(O)C1. The fourth-order valence-corrected chi connectivity index (χ4v) is 2.71. The van der Waals surface area contributed by atoms with Gasteiger partial charge in [0.1, 0.15) is 0 Å². The number of benzene rings is 1. The summed E-state index contributed by atoms with van der Waals surface area (Å²) in [7, 11) is 0. The van der Waals surface area contributed by atoms with Crippen LogP contribution in [0.5, 0.6) is 0 Å². The maximum atomic E-state index is 9.74. The largest absolute Gasteiger partial charge is 0.393 e. The van der Waals surface area contributed by atoms with E-state index in [4.69, 9.17) is 0 Å². The average molecular weight is 220 g/mol. The standard InChI is InChI=1S/C14H20O2/c1-10(15)13-7-2-3-8-14(13)11-5-4-6-12(16)9-11/h2-3,7-8,10-12,15-16H,4-6,9H2,1H3. The molecule has 1 aromatic rings. The van der Waals surface area contributed by atoms with Gasteiger partial charge in [0.2, 0.25) is 0 Å². The summed E-state index contributed by atoms with van der Waals surface area (Å²) in [6, 6.07) is 8.05. The highest BCUT2D eigenvalue weighted by Crippen LogP contribution is 2.36. The molecule has 1 saturated carbocycles. The van der Waals surface area contributed by atoms with Crippen LogP contribution in [0.3, 0.4) is 0 Å². The van der Waals surface area contributed by atoms with E-state index in [2.05, 4.69) is 6.07 Å². The van der Waals surface area contributed by atoms with Crippen molar-refractivity contribution in [2.45, 2.75) is 50.7 Å². The van der Waals surface area contributed by atoms with Crippen LogP contribution in [0.4, 0.5) is 0 Å². The first kappa shape index (κ1) is 11.6. The lowest BCUT2D eigenvalue weighted by atomic mass is 9.80. The van der Waals surface area contributed by atoms with Crippen LogP contribution in [0.25, 0.3) is 0 Å². The zero-order valence-electron chi connectivity index (χ0n) is 9.76. The highest BCUT2D eigenvalue weighted by molar-refractivity contribution is 5.32. The summed E-state index contributed by atoms with van der Waals surface area (Å²) in [5, 5.41) is 19.4. The van der Waals surface area contributed by atoms with E-state index >= 15 is 0 Å². The molecule has 1 aliphatic carbocycles. The van der Waals surface area contributed by atoms with Gasteiger partial charge in [-0.2, -0.15) is 0 Å². The second-order valence-corrected chi connectivity index (χ2v) is 4.82. The summed E-state index contributed by atoms with van der Waals surface area (Å²) in [4.78, 5) is 0. The minimum Gasteiger partial charge on any atom is -0.393 e. The normalized spacial score (nSPS) is 27.7. The van der Waals surface area contributed by atoms with Crippen LogP contribution in [0.2, 0.25) is 0 Å². The molecule has 0 bridgehead atoms. The maximum Gasteiger partial charge on any atom is 0.0764 e. The molecule has 2 N–H and O–H groups in total. The minimum atomic E-state index is -0.421. The fraction of sp³-hybridized carbons (Fsp3) is 0.571. The van der Waals surface area contributed by atoms with Crippen molar-refractivity contribution in [1.82, 2.24) is 0 Å². The van der Waals surface area contributed by atoms with E-state index < -0.39 is 6.10 Å². The number of rotatable bonds is 2. The molecule has 0 saturated heterocycles. The number of aliphatic hydroxyl groups is 2. The molecule has 0 aromatic heterocycles. The van der Waals surface area contributed by atoms with Gasteiger partial charge in [-0.1, -0.05) is 30.7 Å². The van der Waals surface area contributed by atoms with Crippen LogP contribution in [-0.2, 0) is 0 Å². The molecule has 0 aliphatic heterocycles. The molecule has 1 aliphatic rings. The summed E-state index contributed by atoms with van der Waals surface area (Å²) in [5.41, 5.74) is 2.23. The molecule has 0 amide bonds. The topological polar surface area (TPSA) is 40.5 Å². The highest BCUT2D eigenvalue weighted by atomic mass is 16.3. The molecule has 0 spiro atoms. The van der Waals surface area contributed by atoms with Gasteiger partial charge < -0.3 is 10.2 Å². The van der Waals surface area contributed by atoms with Gasteiger partial charge in [0, 0.05) is 0 Å². The Hall–Kier alpha value is -0.860. The van der Waals surface area contributed by atoms with E-state index in [1.165, 1.54) is 5.56 Å². The van der Waals surface area contributed by atoms with Crippen molar-refractivity contribution >= 4 is 0 Å². The predicted molar refractivity (Wildman–Crippen MR) is 64.3 cm³/mol. The Morgan fingerprint density at radius 2 is 2.00 bits per heavy atom. The summed E-state index contributed by atoms with van der Waals surface area (Å²) in [6.45, 7) is 1.80. The fourth-order valence-electron chi connectivity index (χ4n) is 2.71. The van der Waals surface area contributed by atoms with E-state index in [1.54, 1.807) is 6.92 Å². The first-order valence-corrected chi connectivity index (χ1v) is 6.13. The Labute approximate surface area is 96.9 Å². The van der Waals surface area contributed by atoms with E-state index in [0.29, 0.717) is 5.92 Å². The second-order valence-electron chi connectivity index (χ2n) is 4.82. The quantitative estimate of drug-likeness (QED) is 0.804. The van der Waals surface area contributed by atoms with Crippen LogP contribution in [-0.4, -0.2) is 16.3 Å². The van der Waals surface area contributed by atoms with Gasteiger partial charge in [-0.15, -0.1) is 0 Å². The first-order chi connectivity index (χ1) is 7.68. The van der Waals surface area contributed by atoms with E-state index in [1.807, 2.05) is 18.2 Å². The molecule has 3 atom stereocenters. The van der Waals surface area contributed by atoms with Crippen molar-refractivity contribution in [3.63, 3.8) is 0 Å². The van der Waals surface area contributed by atoms with Crippen molar-refractivity contribution in [2.24, 2.45) is 0 Å². The van der Waals surface area contributed by atoms with Crippen LogP contribution in [0.15, 0.2) is 24.3 Å². The summed E-state index contributed by atoms with van der Waals surface area (Å²) >= 11 is 0. The number of aliphatic hydroxyl groups excluding tert-OH is 2. The van der Waals surface area contributed by atoms with Gasteiger partial charge in [-0.05, 0) is 43.2 Å². The molecule has 3 unspecified atom stereocenters. The first-order valence-electron chi connectivity index (χ1n) is 6.13. The number of hydrogen-bond donors (Lipinski definition) is 2. The number of hydrogen-bond acceptors (Lipinski definition) is 2. The van der Waals surface area contributed by atoms with Crippen molar-refractivity contribution in [3.05, 3.63) is 35.4 Å². The highest BCUT2D eigenvalue weighted by Gasteiger charge is 2.24. The Balaban J connectivity index is 2.25. The zero-order valence-corrected chi connectivity index (χ0v) is 9.76. The van der Waals surface area contributed by atoms with E-state index in [-0.39, 0.29) is 6.10 Å². The third-order valence-corrected chi connectivity index (χ3v) is 3.53. The Morgan fingerprint density at radius 3 is 2.69 bits per heavy atom. The third-order valence-electron chi connectivity index (χ3n) is 3.53. The lowest BCUT2D eigenvalue weighted by Crippen LogP contribution is -2.19. The van der Waals surface area contributed by atoms with Gasteiger partial charge in [0.25, 0.3) is 0 Å². The molecule has 2 rings (SSSR count). The van der Waals surface area contributed by atoms with Crippen LogP contribution in [0, 0.1) is 0 Å². The average Bonchev–Trinajstić information content (AvgIpc) is 2.29.